The Hall–Kier alpha value is -1.68. The van der Waals surface area contributed by atoms with Crippen LogP contribution in [-0.4, -0.2) is 9.97 Å². The summed E-state index contributed by atoms with van der Waals surface area (Å²) in [4.78, 5) is 12.9. The summed E-state index contributed by atoms with van der Waals surface area (Å²) in [7, 11) is 0. The molecule has 0 radical (unpaired) electrons. The first-order valence-electron chi connectivity index (χ1n) is 4.83. The number of rotatable bonds is 1. The Morgan fingerprint density at radius 1 is 1.06 bits per heavy atom. The Kier molecular flexibility index (Phi) is 2.22. The Balaban J connectivity index is 2.15. The summed E-state index contributed by atoms with van der Waals surface area (Å²) in [5.74, 6) is 0.746. The van der Waals surface area contributed by atoms with E-state index in [9.17, 15) is 0 Å². The first-order chi connectivity index (χ1) is 7.83. The predicted molar refractivity (Wildman–Crippen MR) is 66.0 cm³/mol. The minimum atomic E-state index is 0.746. The highest BCUT2D eigenvalue weighted by Gasteiger charge is 1.95. The standard InChI is InChI=1S/C12H7BrN3/c13-9-3-1-8(2-4-9)12-15-10-5-6-14-7-11(10)16-12/h1-7H/q-1. The lowest BCUT2D eigenvalue weighted by atomic mass is 10.2. The van der Waals surface area contributed by atoms with Gasteiger partial charge in [0.2, 0.25) is 0 Å². The average Bonchev–Trinajstić information content (AvgIpc) is 2.73. The van der Waals surface area contributed by atoms with Crippen molar-refractivity contribution in [1.82, 2.24) is 15.0 Å². The van der Waals surface area contributed by atoms with Gasteiger partial charge in [-0.2, -0.15) is 0 Å². The molecule has 3 nitrogen and oxygen atoms in total. The summed E-state index contributed by atoms with van der Waals surface area (Å²) in [5.41, 5.74) is 2.73. The van der Waals surface area contributed by atoms with E-state index in [2.05, 4.69) is 30.9 Å². The van der Waals surface area contributed by atoms with Crippen LogP contribution in [0.15, 0.2) is 47.2 Å². The number of pyridine rings is 1. The minimum absolute atomic E-state index is 0.746. The number of fused-ring (bicyclic) bond motifs is 1. The van der Waals surface area contributed by atoms with E-state index in [-0.39, 0.29) is 0 Å². The molecule has 0 saturated heterocycles. The molecule has 0 saturated carbocycles. The van der Waals surface area contributed by atoms with E-state index < -0.39 is 0 Å². The number of halogens is 1. The Morgan fingerprint density at radius 3 is 2.62 bits per heavy atom. The predicted octanol–water partition coefficient (Wildman–Crippen LogP) is 3.02. The third kappa shape index (κ3) is 1.61. The van der Waals surface area contributed by atoms with Crippen LogP contribution in [0.25, 0.3) is 22.4 Å². The van der Waals surface area contributed by atoms with Crippen molar-refractivity contribution in [3.63, 3.8) is 0 Å². The molecule has 0 spiro atoms. The van der Waals surface area contributed by atoms with Gasteiger partial charge in [0.25, 0.3) is 0 Å². The molecule has 0 aliphatic carbocycles. The summed E-state index contributed by atoms with van der Waals surface area (Å²) in [6.45, 7) is 0. The summed E-state index contributed by atoms with van der Waals surface area (Å²) in [5, 5.41) is 0. The molecule has 0 aliphatic rings. The molecule has 3 rings (SSSR count). The summed E-state index contributed by atoms with van der Waals surface area (Å²) < 4.78 is 1.05. The van der Waals surface area contributed by atoms with Crippen molar-refractivity contribution in [3.05, 3.63) is 47.2 Å². The van der Waals surface area contributed by atoms with Gasteiger partial charge in [-0.25, -0.2) is 0 Å². The molecule has 78 valence electrons. The van der Waals surface area contributed by atoms with Crippen molar-refractivity contribution in [2.24, 2.45) is 0 Å². The van der Waals surface area contributed by atoms with Crippen molar-refractivity contribution in [2.45, 2.75) is 0 Å². The first kappa shape index (κ1) is 9.54. The maximum atomic E-state index is 4.45. The molecular formula is C12H7BrN3-. The number of nitrogens with zero attached hydrogens (tertiary/aromatic N) is 3. The molecule has 0 aliphatic heterocycles. The van der Waals surface area contributed by atoms with Crippen LogP contribution in [0.3, 0.4) is 0 Å². The van der Waals surface area contributed by atoms with Crippen LogP contribution >= 0.6 is 15.9 Å². The van der Waals surface area contributed by atoms with Gasteiger partial charge in [0.1, 0.15) is 0 Å². The molecule has 16 heavy (non-hydrogen) atoms. The van der Waals surface area contributed by atoms with Crippen molar-refractivity contribution < 1.29 is 0 Å². The Morgan fingerprint density at radius 2 is 1.88 bits per heavy atom. The molecule has 2 heterocycles. The van der Waals surface area contributed by atoms with Gasteiger partial charge in [0, 0.05) is 16.9 Å². The summed E-state index contributed by atoms with van der Waals surface area (Å²) >= 11 is 3.40. The van der Waals surface area contributed by atoms with Crippen molar-refractivity contribution in [1.29, 1.82) is 0 Å². The van der Waals surface area contributed by atoms with Crippen LogP contribution in [0.1, 0.15) is 0 Å². The van der Waals surface area contributed by atoms with Crippen LogP contribution in [0.5, 0.6) is 0 Å². The molecule has 0 amide bonds. The van der Waals surface area contributed by atoms with Crippen LogP contribution < -0.4 is 4.98 Å². The highest BCUT2D eigenvalue weighted by molar-refractivity contribution is 9.10. The lowest BCUT2D eigenvalue weighted by Crippen LogP contribution is -1.81. The maximum Gasteiger partial charge on any atom is 0.0302 e. The maximum absolute atomic E-state index is 4.45. The largest absolute Gasteiger partial charge is 0.435 e. The average molecular weight is 273 g/mol. The molecule has 4 heteroatoms. The van der Waals surface area contributed by atoms with Crippen molar-refractivity contribution in [2.75, 3.05) is 0 Å². The topological polar surface area (TPSA) is 39.9 Å². The van der Waals surface area contributed by atoms with Gasteiger partial charge < -0.3 is 9.97 Å². The lowest BCUT2D eigenvalue weighted by Gasteiger charge is -2.03. The number of aromatic nitrogens is 3. The molecule has 2 aromatic heterocycles. The first-order valence-corrected chi connectivity index (χ1v) is 5.62. The molecule has 3 aromatic rings. The van der Waals surface area contributed by atoms with E-state index in [1.54, 1.807) is 12.4 Å². The second-order valence-corrected chi connectivity index (χ2v) is 4.33. The summed E-state index contributed by atoms with van der Waals surface area (Å²) in [6, 6.07) is 9.81. The Labute approximate surface area is 101 Å². The second kappa shape index (κ2) is 3.72. The van der Waals surface area contributed by atoms with Crippen molar-refractivity contribution in [3.8, 4) is 11.4 Å². The zero-order chi connectivity index (χ0) is 11.0. The van der Waals surface area contributed by atoms with Crippen LogP contribution in [0, 0.1) is 0 Å². The van der Waals surface area contributed by atoms with Gasteiger partial charge in [0.05, 0.1) is 0 Å². The smallest absolute Gasteiger partial charge is 0.0302 e. The third-order valence-electron chi connectivity index (χ3n) is 2.33. The normalized spacial score (nSPS) is 10.8. The zero-order valence-corrected chi connectivity index (χ0v) is 9.85. The van der Waals surface area contributed by atoms with E-state index in [4.69, 9.17) is 0 Å². The fourth-order valence-corrected chi connectivity index (χ4v) is 1.81. The lowest BCUT2D eigenvalue weighted by molar-refractivity contribution is 1.31. The van der Waals surface area contributed by atoms with Gasteiger partial charge in [-0.1, -0.05) is 33.9 Å². The monoisotopic (exact) mass is 272 g/mol. The molecule has 0 fully saturated rings. The molecule has 0 unspecified atom stereocenters. The molecular weight excluding hydrogens is 266 g/mol. The number of benzene rings is 1. The number of hydrogen-bond acceptors (Lipinski definition) is 2. The highest BCUT2D eigenvalue weighted by Crippen LogP contribution is 2.20. The molecule has 0 N–H and O–H groups in total. The summed E-state index contributed by atoms with van der Waals surface area (Å²) in [6.07, 6.45) is 3.45. The fourth-order valence-electron chi connectivity index (χ4n) is 1.54. The van der Waals surface area contributed by atoms with Gasteiger partial charge in [0.15, 0.2) is 0 Å². The van der Waals surface area contributed by atoms with E-state index in [1.807, 2.05) is 30.3 Å². The molecule has 1 aromatic carbocycles. The van der Waals surface area contributed by atoms with E-state index in [1.165, 1.54) is 0 Å². The zero-order valence-electron chi connectivity index (χ0n) is 8.26. The molecule has 0 atom stereocenters. The number of imidazole rings is 1. The Bertz CT molecular complexity index is 595. The van der Waals surface area contributed by atoms with Crippen LogP contribution in [0.2, 0.25) is 0 Å². The fraction of sp³-hybridized carbons (Fsp3) is 0. The quantitative estimate of drug-likeness (QED) is 0.684. The third-order valence-corrected chi connectivity index (χ3v) is 2.86. The van der Waals surface area contributed by atoms with Crippen LogP contribution in [-0.2, 0) is 0 Å². The van der Waals surface area contributed by atoms with E-state index in [0.29, 0.717) is 0 Å². The minimum Gasteiger partial charge on any atom is -0.435 e. The SMILES string of the molecule is Brc1ccc(-c2nc3cnccc3[n-]2)cc1. The van der Waals surface area contributed by atoms with Gasteiger partial charge >= 0.3 is 0 Å². The number of hydrogen-bond donors (Lipinski definition) is 0. The van der Waals surface area contributed by atoms with Crippen LogP contribution in [0.4, 0.5) is 0 Å². The van der Waals surface area contributed by atoms with Gasteiger partial charge in [-0.3, -0.25) is 4.98 Å². The van der Waals surface area contributed by atoms with Crippen molar-refractivity contribution >= 4 is 27.0 Å². The van der Waals surface area contributed by atoms with Gasteiger partial charge in [-0.05, 0) is 34.8 Å². The van der Waals surface area contributed by atoms with E-state index >= 15 is 0 Å². The second-order valence-electron chi connectivity index (χ2n) is 3.42. The highest BCUT2D eigenvalue weighted by atomic mass is 79.9. The van der Waals surface area contributed by atoms with E-state index in [0.717, 1.165) is 26.9 Å². The molecule has 0 bridgehead atoms. The van der Waals surface area contributed by atoms with Gasteiger partial charge in [-0.15, -0.1) is 0 Å².